The Bertz CT molecular complexity index is 418. The maximum absolute atomic E-state index is 10.8. The van der Waals surface area contributed by atoms with Crippen molar-refractivity contribution in [1.82, 2.24) is 4.98 Å². The van der Waals surface area contributed by atoms with Crippen molar-refractivity contribution in [2.45, 2.75) is 24.8 Å². The van der Waals surface area contributed by atoms with Gasteiger partial charge in [0.1, 0.15) is 11.3 Å². The van der Waals surface area contributed by atoms with E-state index in [9.17, 15) is 10.1 Å². The second-order valence-corrected chi connectivity index (χ2v) is 4.18. The molecule has 0 spiro atoms. The van der Waals surface area contributed by atoms with Gasteiger partial charge in [0, 0.05) is 5.54 Å². The zero-order chi connectivity index (χ0) is 11.1. The van der Waals surface area contributed by atoms with Crippen LogP contribution in [0.25, 0.3) is 0 Å². The molecule has 5 nitrogen and oxygen atoms in total. The molecule has 0 aromatic carbocycles. The second-order valence-electron chi connectivity index (χ2n) is 3.79. The zero-order valence-electron chi connectivity index (χ0n) is 7.94. The number of halogens is 1. The summed E-state index contributed by atoms with van der Waals surface area (Å²) in [6.45, 7) is 0. The lowest BCUT2D eigenvalue weighted by Gasteiger charge is -2.37. The fourth-order valence-corrected chi connectivity index (χ4v) is 1.95. The molecule has 1 fully saturated rings. The first kappa shape index (κ1) is 10.3. The van der Waals surface area contributed by atoms with E-state index in [1.807, 2.05) is 0 Å². The largest absolute Gasteiger partial charge is 0.321 e. The van der Waals surface area contributed by atoms with Gasteiger partial charge in [0.2, 0.25) is 0 Å². The SMILES string of the molecule is NC1(c2cc(Cl)ncc2[N+](=O)[O-])CCC1. The minimum Gasteiger partial charge on any atom is -0.321 e. The minimum absolute atomic E-state index is 0.0402. The van der Waals surface area contributed by atoms with Crippen LogP contribution < -0.4 is 5.73 Å². The third kappa shape index (κ3) is 1.68. The smallest absolute Gasteiger partial charge is 0.292 e. The third-order valence-electron chi connectivity index (χ3n) is 2.83. The predicted octanol–water partition coefficient (Wildman–Crippen LogP) is 1.98. The molecule has 1 aliphatic rings. The molecule has 1 aromatic heterocycles. The quantitative estimate of drug-likeness (QED) is 0.476. The Kier molecular flexibility index (Phi) is 2.36. The average molecular weight is 228 g/mol. The molecule has 0 bridgehead atoms. The van der Waals surface area contributed by atoms with Crippen molar-refractivity contribution in [2.24, 2.45) is 5.73 Å². The first-order valence-corrected chi connectivity index (χ1v) is 5.00. The molecular formula is C9H10ClN3O2. The first-order chi connectivity index (χ1) is 7.03. The van der Waals surface area contributed by atoms with Crippen LogP contribution in [0, 0.1) is 10.1 Å². The lowest BCUT2D eigenvalue weighted by molar-refractivity contribution is -0.386. The van der Waals surface area contributed by atoms with Crippen LogP contribution in [0.3, 0.4) is 0 Å². The number of pyridine rings is 1. The van der Waals surface area contributed by atoms with Gasteiger partial charge in [-0.2, -0.15) is 0 Å². The molecule has 0 atom stereocenters. The van der Waals surface area contributed by atoms with Gasteiger partial charge in [-0.15, -0.1) is 0 Å². The van der Waals surface area contributed by atoms with E-state index < -0.39 is 10.5 Å². The highest BCUT2D eigenvalue weighted by molar-refractivity contribution is 6.29. The molecule has 15 heavy (non-hydrogen) atoms. The normalized spacial score (nSPS) is 18.3. The van der Waals surface area contributed by atoms with Gasteiger partial charge in [-0.3, -0.25) is 10.1 Å². The second kappa shape index (κ2) is 3.43. The van der Waals surface area contributed by atoms with Crippen LogP contribution in [0.15, 0.2) is 12.3 Å². The highest BCUT2D eigenvalue weighted by atomic mass is 35.5. The van der Waals surface area contributed by atoms with Gasteiger partial charge < -0.3 is 5.73 Å². The van der Waals surface area contributed by atoms with Crippen LogP contribution in [0.5, 0.6) is 0 Å². The Hall–Kier alpha value is -1.20. The van der Waals surface area contributed by atoms with Gasteiger partial charge in [0.05, 0.1) is 10.5 Å². The van der Waals surface area contributed by atoms with Gasteiger partial charge in [-0.25, -0.2) is 4.98 Å². The first-order valence-electron chi connectivity index (χ1n) is 4.62. The van der Waals surface area contributed by atoms with Crippen LogP contribution in [-0.2, 0) is 5.54 Å². The van der Waals surface area contributed by atoms with Crippen LogP contribution in [0.4, 0.5) is 5.69 Å². The van der Waals surface area contributed by atoms with E-state index in [1.165, 1.54) is 12.3 Å². The van der Waals surface area contributed by atoms with E-state index in [2.05, 4.69) is 4.98 Å². The maximum Gasteiger partial charge on any atom is 0.292 e. The fraction of sp³-hybridized carbons (Fsp3) is 0.444. The summed E-state index contributed by atoms with van der Waals surface area (Å²) in [7, 11) is 0. The summed E-state index contributed by atoms with van der Waals surface area (Å²) in [5.74, 6) is 0. The van der Waals surface area contributed by atoms with E-state index in [4.69, 9.17) is 17.3 Å². The number of hydrogen-bond donors (Lipinski definition) is 1. The summed E-state index contributed by atoms with van der Waals surface area (Å²) in [4.78, 5) is 14.0. The van der Waals surface area contributed by atoms with Crippen molar-refractivity contribution < 1.29 is 4.92 Å². The van der Waals surface area contributed by atoms with E-state index in [0.29, 0.717) is 5.56 Å². The molecule has 2 rings (SSSR count). The summed E-state index contributed by atoms with van der Waals surface area (Å²) in [5.41, 5.74) is 5.91. The van der Waals surface area contributed by atoms with E-state index in [1.54, 1.807) is 0 Å². The van der Waals surface area contributed by atoms with Crippen LogP contribution in [-0.4, -0.2) is 9.91 Å². The van der Waals surface area contributed by atoms with Crippen LogP contribution in [0.2, 0.25) is 5.15 Å². The third-order valence-corrected chi connectivity index (χ3v) is 3.04. The predicted molar refractivity (Wildman–Crippen MR) is 55.6 cm³/mol. The standard InChI is InChI=1S/C9H10ClN3O2/c10-8-4-6(9(11)2-1-3-9)7(5-12-8)13(14)15/h4-5H,1-3,11H2. The van der Waals surface area contributed by atoms with E-state index >= 15 is 0 Å². The lowest BCUT2D eigenvalue weighted by Crippen LogP contribution is -2.43. The van der Waals surface area contributed by atoms with Crippen molar-refractivity contribution in [2.75, 3.05) is 0 Å². The summed E-state index contributed by atoms with van der Waals surface area (Å²) >= 11 is 5.72. The average Bonchev–Trinajstić information content (AvgIpc) is 2.13. The van der Waals surface area contributed by atoms with Crippen molar-refractivity contribution >= 4 is 17.3 Å². The zero-order valence-corrected chi connectivity index (χ0v) is 8.70. The molecule has 1 saturated carbocycles. The molecule has 0 aliphatic heterocycles. The van der Waals surface area contributed by atoms with Gasteiger partial charge in [-0.1, -0.05) is 11.6 Å². The summed E-state index contributed by atoms with van der Waals surface area (Å²) in [6, 6.07) is 1.50. The molecule has 80 valence electrons. The van der Waals surface area contributed by atoms with Crippen molar-refractivity contribution in [1.29, 1.82) is 0 Å². The number of nitro groups is 1. The Morgan fingerprint density at radius 3 is 2.73 bits per heavy atom. The Balaban J connectivity index is 2.52. The molecule has 1 aromatic rings. The molecule has 2 N–H and O–H groups in total. The Morgan fingerprint density at radius 2 is 2.27 bits per heavy atom. The monoisotopic (exact) mass is 227 g/mol. The molecule has 0 radical (unpaired) electrons. The highest BCUT2D eigenvalue weighted by Crippen LogP contribution is 2.42. The minimum atomic E-state index is -0.588. The number of rotatable bonds is 2. The number of nitrogens with two attached hydrogens (primary N) is 1. The maximum atomic E-state index is 10.8. The van der Waals surface area contributed by atoms with Gasteiger partial charge in [0.15, 0.2) is 0 Å². The molecular weight excluding hydrogens is 218 g/mol. The lowest BCUT2D eigenvalue weighted by atomic mass is 9.72. The number of aromatic nitrogens is 1. The van der Waals surface area contributed by atoms with Gasteiger partial charge in [0.25, 0.3) is 5.69 Å². The van der Waals surface area contributed by atoms with Crippen LogP contribution >= 0.6 is 11.6 Å². The fourth-order valence-electron chi connectivity index (χ4n) is 1.79. The van der Waals surface area contributed by atoms with Crippen molar-refractivity contribution in [3.8, 4) is 0 Å². The Morgan fingerprint density at radius 1 is 1.60 bits per heavy atom. The number of nitrogens with zero attached hydrogens (tertiary/aromatic N) is 2. The molecule has 0 saturated heterocycles. The van der Waals surface area contributed by atoms with E-state index in [-0.39, 0.29) is 10.8 Å². The summed E-state index contributed by atoms with van der Waals surface area (Å²) in [5, 5.41) is 11.0. The summed E-state index contributed by atoms with van der Waals surface area (Å²) < 4.78 is 0. The van der Waals surface area contributed by atoms with Crippen molar-refractivity contribution in [3.63, 3.8) is 0 Å². The molecule has 0 amide bonds. The topological polar surface area (TPSA) is 82.0 Å². The molecule has 1 heterocycles. The molecule has 6 heteroatoms. The van der Waals surface area contributed by atoms with Crippen LogP contribution in [0.1, 0.15) is 24.8 Å². The van der Waals surface area contributed by atoms with Crippen molar-refractivity contribution in [3.05, 3.63) is 33.1 Å². The van der Waals surface area contributed by atoms with E-state index in [0.717, 1.165) is 19.3 Å². The number of hydrogen-bond acceptors (Lipinski definition) is 4. The van der Waals surface area contributed by atoms with Gasteiger partial charge in [-0.05, 0) is 25.3 Å². The summed E-state index contributed by atoms with van der Waals surface area (Å²) in [6.07, 6.45) is 3.68. The molecule has 0 unspecified atom stereocenters. The molecule has 1 aliphatic carbocycles. The highest BCUT2D eigenvalue weighted by Gasteiger charge is 2.39. The Labute approximate surface area is 91.4 Å². The van der Waals surface area contributed by atoms with Gasteiger partial charge >= 0.3 is 0 Å².